The van der Waals surface area contributed by atoms with E-state index in [0.29, 0.717) is 17.3 Å². The first-order chi connectivity index (χ1) is 5.65. The molecular formula is C7H11ClN4. The van der Waals surface area contributed by atoms with Crippen molar-refractivity contribution in [2.75, 3.05) is 0 Å². The monoisotopic (exact) mass is 186 g/mol. The summed E-state index contributed by atoms with van der Waals surface area (Å²) in [5, 5.41) is 11.3. The van der Waals surface area contributed by atoms with Crippen LogP contribution in [0.1, 0.15) is 32.1 Å². The Morgan fingerprint density at radius 3 is 2.83 bits per heavy atom. The molecule has 1 aliphatic rings. The van der Waals surface area contributed by atoms with Crippen molar-refractivity contribution in [1.82, 2.24) is 20.2 Å². The molecule has 0 spiro atoms. The van der Waals surface area contributed by atoms with E-state index in [2.05, 4.69) is 29.4 Å². The van der Waals surface area contributed by atoms with Crippen molar-refractivity contribution in [3.05, 3.63) is 5.82 Å². The molecule has 1 fully saturated rings. The van der Waals surface area contributed by atoms with E-state index in [4.69, 9.17) is 11.6 Å². The molecule has 1 unspecified atom stereocenters. The summed E-state index contributed by atoms with van der Waals surface area (Å²) in [5.41, 5.74) is 0.343. The molecule has 4 nitrogen and oxygen atoms in total. The molecule has 1 saturated carbocycles. The number of alkyl halides is 1. The van der Waals surface area contributed by atoms with Crippen LogP contribution in [0.4, 0.5) is 0 Å². The third-order valence-electron chi connectivity index (χ3n) is 2.44. The molecule has 0 aliphatic heterocycles. The fourth-order valence-corrected chi connectivity index (χ4v) is 1.58. The van der Waals surface area contributed by atoms with E-state index in [1.54, 1.807) is 0 Å². The van der Waals surface area contributed by atoms with Crippen LogP contribution in [0.2, 0.25) is 0 Å². The lowest BCUT2D eigenvalue weighted by atomic mass is 10.2. The van der Waals surface area contributed by atoms with E-state index in [9.17, 15) is 0 Å². The molecule has 1 aliphatic carbocycles. The molecule has 12 heavy (non-hydrogen) atoms. The topological polar surface area (TPSA) is 43.6 Å². The molecule has 0 bridgehead atoms. The molecule has 1 aromatic heterocycles. The maximum absolute atomic E-state index is 5.68. The van der Waals surface area contributed by atoms with E-state index >= 15 is 0 Å². The zero-order valence-corrected chi connectivity index (χ0v) is 7.91. The average Bonchev–Trinajstić information content (AvgIpc) is 2.51. The van der Waals surface area contributed by atoms with Crippen LogP contribution in [0.5, 0.6) is 0 Å². The largest absolute Gasteiger partial charge is 0.225 e. The first-order valence-corrected chi connectivity index (χ1v) is 4.51. The smallest absolute Gasteiger partial charge is 0.166 e. The van der Waals surface area contributed by atoms with Crippen molar-refractivity contribution in [1.29, 1.82) is 0 Å². The SMILES string of the molecule is CC1(C)CC1n1nnnc1CCl. The van der Waals surface area contributed by atoms with Gasteiger partial charge in [-0.2, -0.15) is 0 Å². The van der Waals surface area contributed by atoms with Crippen molar-refractivity contribution in [2.45, 2.75) is 32.2 Å². The second-order valence-electron chi connectivity index (χ2n) is 3.88. The molecule has 1 atom stereocenters. The number of halogens is 1. The normalized spacial score (nSPS) is 25.8. The molecule has 0 saturated heterocycles. The van der Waals surface area contributed by atoms with Crippen LogP contribution in [-0.2, 0) is 5.88 Å². The number of hydrogen-bond donors (Lipinski definition) is 0. The maximum Gasteiger partial charge on any atom is 0.166 e. The molecule has 2 rings (SSSR count). The second-order valence-corrected chi connectivity index (χ2v) is 4.15. The third-order valence-corrected chi connectivity index (χ3v) is 2.68. The van der Waals surface area contributed by atoms with Crippen molar-refractivity contribution in [3.8, 4) is 0 Å². The van der Waals surface area contributed by atoms with Crippen LogP contribution in [0.3, 0.4) is 0 Å². The highest BCUT2D eigenvalue weighted by atomic mass is 35.5. The van der Waals surface area contributed by atoms with Crippen LogP contribution in [0.15, 0.2) is 0 Å². The first kappa shape index (κ1) is 7.98. The van der Waals surface area contributed by atoms with Crippen LogP contribution < -0.4 is 0 Å². The van der Waals surface area contributed by atoms with Crippen molar-refractivity contribution >= 4 is 11.6 Å². The maximum atomic E-state index is 5.68. The Morgan fingerprint density at radius 2 is 2.33 bits per heavy atom. The van der Waals surface area contributed by atoms with Gasteiger partial charge in [0.25, 0.3) is 0 Å². The van der Waals surface area contributed by atoms with Gasteiger partial charge < -0.3 is 0 Å². The first-order valence-electron chi connectivity index (χ1n) is 3.98. The molecule has 1 aromatic rings. The fraction of sp³-hybridized carbons (Fsp3) is 0.857. The average molecular weight is 187 g/mol. The summed E-state index contributed by atoms with van der Waals surface area (Å²) in [5.74, 6) is 1.16. The van der Waals surface area contributed by atoms with Crippen molar-refractivity contribution < 1.29 is 0 Å². The standard InChI is InChI=1S/C7H11ClN4/c1-7(2)3-5(7)12-6(4-8)9-10-11-12/h5H,3-4H2,1-2H3. The Labute approximate surface area is 75.9 Å². The Balaban J connectivity index is 2.24. The lowest BCUT2D eigenvalue weighted by Gasteiger charge is -2.03. The second kappa shape index (κ2) is 2.42. The summed E-state index contributed by atoms with van der Waals surface area (Å²) >= 11 is 5.68. The van der Waals surface area contributed by atoms with E-state index in [1.165, 1.54) is 0 Å². The van der Waals surface area contributed by atoms with Gasteiger partial charge in [-0.05, 0) is 22.3 Å². The molecule has 5 heteroatoms. The summed E-state index contributed by atoms with van der Waals surface area (Å²) in [7, 11) is 0. The highest BCUT2D eigenvalue weighted by molar-refractivity contribution is 6.16. The number of hydrogen-bond acceptors (Lipinski definition) is 3. The van der Waals surface area contributed by atoms with Crippen molar-refractivity contribution in [2.24, 2.45) is 5.41 Å². The number of aromatic nitrogens is 4. The van der Waals surface area contributed by atoms with E-state index in [-0.39, 0.29) is 0 Å². The Kier molecular flexibility index (Phi) is 1.61. The Hall–Kier alpha value is -0.640. The predicted octanol–water partition coefficient (Wildman–Crippen LogP) is 1.38. The molecule has 1 heterocycles. The predicted molar refractivity (Wildman–Crippen MR) is 44.8 cm³/mol. The molecule has 0 N–H and O–H groups in total. The van der Waals surface area contributed by atoms with Gasteiger partial charge in [0, 0.05) is 0 Å². The van der Waals surface area contributed by atoms with Crippen LogP contribution in [0, 0.1) is 5.41 Å². The summed E-state index contributed by atoms with van der Waals surface area (Å²) < 4.78 is 1.84. The minimum atomic E-state index is 0.343. The molecular weight excluding hydrogens is 176 g/mol. The highest BCUT2D eigenvalue weighted by Gasteiger charge is 2.48. The highest BCUT2D eigenvalue weighted by Crippen LogP contribution is 2.55. The quantitative estimate of drug-likeness (QED) is 0.656. The fourth-order valence-electron chi connectivity index (χ4n) is 1.40. The zero-order valence-electron chi connectivity index (χ0n) is 7.16. The summed E-state index contributed by atoms with van der Waals surface area (Å²) in [6, 6.07) is 0.446. The van der Waals surface area contributed by atoms with Gasteiger partial charge in [-0.3, -0.25) is 0 Å². The number of nitrogens with zero attached hydrogens (tertiary/aromatic N) is 4. The Morgan fingerprint density at radius 1 is 1.67 bits per heavy atom. The minimum Gasteiger partial charge on any atom is -0.225 e. The number of rotatable bonds is 2. The Bertz CT molecular complexity index is 293. The molecule has 66 valence electrons. The summed E-state index contributed by atoms with van der Waals surface area (Å²) in [6.45, 7) is 4.41. The lowest BCUT2D eigenvalue weighted by molar-refractivity contribution is 0.484. The van der Waals surface area contributed by atoms with Gasteiger partial charge in [0.1, 0.15) is 0 Å². The van der Waals surface area contributed by atoms with Gasteiger partial charge in [0.2, 0.25) is 0 Å². The zero-order chi connectivity index (χ0) is 8.77. The van der Waals surface area contributed by atoms with Gasteiger partial charge in [0.15, 0.2) is 5.82 Å². The molecule has 0 radical (unpaired) electrons. The van der Waals surface area contributed by atoms with Gasteiger partial charge in [-0.15, -0.1) is 16.7 Å². The van der Waals surface area contributed by atoms with Crippen LogP contribution >= 0.6 is 11.6 Å². The van der Waals surface area contributed by atoms with Gasteiger partial charge >= 0.3 is 0 Å². The van der Waals surface area contributed by atoms with E-state index < -0.39 is 0 Å². The molecule has 0 amide bonds. The van der Waals surface area contributed by atoms with Gasteiger partial charge in [-0.25, -0.2) is 4.68 Å². The van der Waals surface area contributed by atoms with Gasteiger partial charge in [0.05, 0.1) is 11.9 Å². The number of tetrazole rings is 1. The van der Waals surface area contributed by atoms with Crippen LogP contribution in [0.25, 0.3) is 0 Å². The third kappa shape index (κ3) is 1.10. The van der Waals surface area contributed by atoms with Gasteiger partial charge in [-0.1, -0.05) is 13.8 Å². The van der Waals surface area contributed by atoms with Crippen LogP contribution in [-0.4, -0.2) is 20.2 Å². The summed E-state index contributed by atoms with van der Waals surface area (Å²) in [6.07, 6.45) is 1.14. The summed E-state index contributed by atoms with van der Waals surface area (Å²) in [4.78, 5) is 0. The van der Waals surface area contributed by atoms with E-state index in [0.717, 1.165) is 12.2 Å². The lowest BCUT2D eigenvalue weighted by Crippen LogP contribution is -2.06. The minimum absolute atomic E-state index is 0.343. The van der Waals surface area contributed by atoms with E-state index in [1.807, 2.05) is 4.68 Å². The molecule has 0 aromatic carbocycles. The van der Waals surface area contributed by atoms with Crippen molar-refractivity contribution in [3.63, 3.8) is 0 Å².